The summed E-state index contributed by atoms with van der Waals surface area (Å²) in [5.74, 6) is 0.551. The summed E-state index contributed by atoms with van der Waals surface area (Å²) in [6.07, 6.45) is 9.19. The number of nitrogens with one attached hydrogen (secondary N) is 1. The molecule has 0 radical (unpaired) electrons. The van der Waals surface area contributed by atoms with E-state index in [-0.39, 0.29) is 23.4 Å². The van der Waals surface area contributed by atoms with Gasteiger partial charge in [0.2, 0.25) is 16.0 Å². The van der Waals surface area contributed by atoms with Gasteiger partial charge in [-0.25, -0.2) is 17.7 Å². The highest BCUT2D eigenvalue weighted by molar-refractivity contribution is 7.89. The second-order valence-corrected chi connectivity index (χ2v) is 10.8. The molecule has 0 unspecified atom stereocenters. The number of aromatic nitrogens is 3. The summed E-state index contributed by atoms with van der Waals surface area (Å²) < 4.78 is 28.4. The minimum absolute atomic E-state index is 0.0149. The third kappa shape index (κ3) is 4.98. The molecular formula is C22H31N5O3S. The normalized spacial score (nSPS) is 19.0. The predicted octanol–water partition coefficient (Wildman–Crippen LogP) is 3.08. The van der Waals surface area contributed by atoms with Crippen LogP contribution in [0.1, 0.15) is 58.4 Å². The maximum atomic E-state index is 12.6. The van der Waals surface area contributed by atoms with E-state index in [1.165, 1.54) is 0 Å². The molecule has 2 fully saturated rings. The van der Waals surface area contributed by atoms with Crippen molar-refractivity contribution >= 4 is 27.0 Å². The van der Waals surface area contributed by atoms with Crippen molar-refractivity contribution in [2.75, 3.05) is 24.2 Å². The largest absolute Gasteiger partial charge is 0.351 e. The van der Waals surface area contributed by atoms with Crippen molar-refractivity contribution in [3.05, 3.63) is 40.3 Å². The lowest BCUT2D eigenvalue weighted by Gasteiger charge is -2.31. The van der Waals surface area contributed by atoms with E-state index in [0.29, 0.717) is 37.5 Å². The van der Waals surface area contributed by atoms with Gasteiger partial charge in [0, 0.05) is 42.8 Å². The van der Waals surface area contributed by atoms with Crippen LogP contribution in [0.2, 0.25) is 0 Å². The highest BCUT2D eigenvalue weighted by Crippen LogP contribution is 2.30. The van der Waals surface area contributed by atoms with Gasteiger partial charge in [-0.15, -0.1) is 0 Å². The summed E-state index contributed by atoms with van der Waals surface area (Å²) in [6.45, 7) is 4.77. The lowest BCUT2D eigenvalue weighted by Crippen LogP contribution is -2.43. The van der Waals surface area contributed by atoms with Crippen molar-refractivity contribution in [1.82, 2.24) is 18.8 Å². The summed E-state index contributed by atoms with van der Waals surface area (Å²) in [5.41, 5.74) is 1.67. The van der Waals surface area contributed by atoms with Crippen LogP contribution in [0.5, 0.6) is 0 Å². The molecule has 31 heavy (non-hydrogen) atoms. The van der Waals surface area contributed by atoms with E-state index in [2.05, 4.69) is 10.3 Å². The molecule has 1 N–H and O–H groups in total. The SMILES string of the molecule is CC(C)=CCS(=O)(=O)N1CCC(Nc2ncc3ccc(=O)n(C4CCCC4)c3n2)CC1. The summed E-state index contributed by atoms with van der Waals surface area (Å²) in [7, 11) is -3.26. The highest BCUT2D eigenvalue weighted by Gasteiger charge is 2.28. The second-order valence-electron chi connectivity index (χ2n) is 8.83. The Kier molecular flexibility index (Phi) is 6.43. The summed E-state index contributed by atoms with van der Waals surface area (Å²) in [6, 6.07) is 3.68. The average Bonchev–Trinajstić information content (AvgIpc) is 3.27. The number of piperidine rings is 1. The van der Waals surface area contributed by atoms with Crippen molar-refractivity contribution in [3.8, 4) is 0 Å². The molecule has 2 aromatic heterocycles. The minimum Gasteiger partial charge on any atom is -0.351 e. The fourth-order valence-electron chi connectivity index (χ4n) is 4.46. The predicted molar refractivity (Wildman–Crippen MR) is 123 cm³/mol. The van der Waals surface area contributed by atoms with Crippen molar-refractivity contribution in [3.63, 3.8) is 0 Å². The first-order valence-electron chi connectivity index (χ1n) is 11.1. The van der Waals surface area contributed by atoms with Gasteiger partial charge in [0.15, 0.2) is 0 Å². The molecule has 168 valence electrons. The fraction of sp³-hybridized carbons (Fsp3) is 0.591. The number of anilines is 1. The summed E-state index contributed by atoms with van der Waals surface area (Å²) in [4.78, 5) is 21.7. The molecule has 2 aliphatic rings. The summed E-state index contributed by atoms with van der Waals surface area (Å²) >= 11 is 0. The number of hydrogen-bond acceptors (Lipinski definition) is 6. The fourth-order valence-corrected chi connectivity index (χ4v) is 5.98. The molecule has 0 aromatic carbocycles. The first-order valence-corrected chi connectivity index (χ1v) is 12.7. The third-order valence-corrected chi connectivity index (χ3v) is 7.98. The Hall–Kier alpha value is -2.26. The Morgan fingerprint density at radius 2 is 1.87 bits per heavy atom. The van der Waals surface area contributed by atoms with Gasteiger partial charge in [-0.1, -0.05) is 24.5 Å². The van der Waals surface area contributed by atoms with Crippen molar-refractivity contribution in [1.29, 1.82) is 0 Å². The van der Waals surface area contributed by atoms with Crippen LogP contribution in [-0.2, 0) is 10.0 Å². The Morgan fingerprint density at radius 3 is 2.55 bits per heavy atom. The molecule has 0 spiro atoms. The van der Waals surface area contributed by atoms with Gasteiger partial charge in [0.25, 0.3) is 5.56 Å². The van der Waals surface area contributed by atoms with Crippen LogP contribution in [-0.4, -0.2) is 52.1 Å². The first kappa shape index (κ1) is 22.0. The number of allylic oxidation sites excluding steroid dienone is 1. The Balaban J connectivity index is 1.47. The third-order valence-electron chi connectivity index (χ3n) is 6.24. The number of pyridine rings is 1. The van der Waals surface area contributed by atoms with Gasteiger partial charge in [-0.05, 0) is 45.6 Å². The van der Waals surface area contributed by atoms with E-state index >= 15 is 0 Å². The number of fused-ring (bicyclic) bond motifs is 1. The van der Waals surface area contributed by atoms with Gasteiger partial charge in [-0.3, -0.25) is 9.36 Å². The van der Waals surface area contributed by atoms with E-state index in [4.69, 9.17) is 4.98 Å². The standard InChI is InChI=1S/C22H31N5O3S/c1-16(2)11-14-31(29,30)26-12-9-18(10-13-26)24-22-23-15-17-7-8-20(28)27(21(17)25-22)19-5-3-4-6-19/h7-8,11,15,18-19H,3-6,9-10,12-14H2,1-2H3,(H,23,24,25). The molecule has 0 amide bonds. The zero-order chi connectivity index (χ0) is 22.0. The zero-order valence-corrected chi connectivity index (χ0v) is 19.1. The van der Waals surface area contributed by atoms with Gasteiger partial charge < -0.3 is 5.32 Å². The molecule has 4 rings (SSSR count). The van der Waals surface area contributed by atoms with Crippen LogP contribution in [0.4, 0.5) is 5.95 Å². The average molecular weight is 446 g/mol. The lowest BCUT2D eigenvalue weighted by atomic mass is 10.1. The second kappa shape index (κ2) is 9.08. The topological polar surface area (TPSA) is 97.2 Å². The molecule has 9 heteroatoms. The number of nitrogens with zero attached hydrogens (tertiary/aromatic N) is 4. The number of rotatable bonds is 6. The summed E-state index contributed by atoms with van der Waals surface area (Å²) in [5, 5.41) is 4.22. The van der Waals surface area contributed by atoms with Gasteiger partial charge in [0.1, 0.15) is 5.65 Å². The Bertz CT molecular complexity index is 1120. The molecular weight excluding hydrogens is 414 g/mol. The van der Waals surface area contributed by atoms with Crippen LogP contribution in [0.25, 0.3) is 11.0 Å². The van der Waals surface area contributed by atoms with Crippen molar-refractivity contribution in [2.45, 2.75) is 64.5 Å². The van der Waals surface area contributed by atoms with Crippen LogP contribution < -0.4 is 10.9 Å². The van der Waals surface area contributed by atoms with Gasteiger partial charge >= 0.3 is 0 Å². The minimum atomic E-state index is -3.26. The lowest BCUT2D eigenvalue weighted by molar-refractivity contribution is 0.330. The molecule has 1 aliphatic heterocycles. The van der Waals surface area contributed by atoms with Crippen LogP contribution in [0, 0.1) is 0 Å². The maximum absolute atomic E-state index is 12.6. The Labute approximate surface area is 183 Å². The van der Waals surface area contributed by atoms with Crippen LogP contribution in [0.3, 0.4) is 0 Å². The molecule has 1 saturated carbocycles. The molecule has 3 heterocycles. The van der Waals surface area contributed by atoms with Gasteiger partial charge in [0.05, 0.1) is 5.75 Å². The smallest absolute Gasteiger partial charge is 0.252 e. The van der Waals surface area contributed by atoms with E-state index < -0.39 is 10.0 Å². The highest BCUT2D eigenvalue weighted by atomic mass is 32.2. The quantitative estimate of drug-likeness (QED) is 0.687. The number of sulfonamides is 1. The molecule has 2 aromatic rings. The monoisotopic (exact) mass is 445 g/mol. The molecule has 1 saturated heterocycles. The molecule has 1 aliphatic carbocycles. The van der Waals surface area contributed by atoms with E-state index in [1.54, 1.807) is 28.7 Å². The van der Waals surface area contributed by atoms with E-state index in [0.717, 1.165) is 36.6 Å². The maximum Gasteiger partial charge on any atom is 0.252 e. The molecule has 0 atom stereocenters. The van der Waals surface area contributed by atoms with E-state index in [9.17, 15) is 13.2 Å². The van der Waals surface area contributed by atoms with Crippen molar-refractivity contribution < 1.29 is 8.42 Å². The van der Waals surface area contributed by atoms with Crippen LogP contribution >= 0.6 is 0 Å². The Morgan fingerprint density at radius 1 is 1.16 bits per heavy atom. The molecule has 0 bridgehead atoms. The number of hydrogen-bond donors (Lipinski definition) is 1. The zero-order valence-electron chi connectivity index (χ0n) is 18.2. The van der Waals surface area contributed by atoms with Crippen molar-refractivity contribution in [2.24, 2.45) is 0 Å². The first-order chi connectivity index (χ1) is 14.8. The van der Waals surface area contributed by atoms with Gasteiger partial charge in [-0.2, -0.15) is 4.98 Å². The molecule has 8 nitrogen and oxygen atoms in total. The van der Waals surface area contributed by atoms with Crippen LogP contribution in [0.15, 0.2) is 34.8 Å². The van der Waals surface area contributed by atoms with E-state index in [1.807, 2.05) is 18.4 Å².